The summed E-state index contributed by atoms with van der Waals surface area (Å²) in [6.07, 6.45) is 0. The summed E-state index contributed by atoms with van der Waals surface area (Å²) in [4.78, 5) is 4.78. The van der Waals surface area contributed by atoms with Gasteiger partial charge in [0.05, 0.1) is 0 Å². The van der Waals surface area contributed by atoms with Crippen molar-refractivity contribution in [2.24, 2.45) is 0 Å². The normalized spacial score (nSPS) is 16.2. The largest absolute Gasteiger partial charge is 0.369 e. The van der Waals surface area contributed by atoms with Gasteiger partial charge in [0.2, 0.25) is 0 Å². The summed E-state index contributed by atoms with van der Waals surface area (Å²) < 4.78 is 14.1. The topological polar surface area (TPSA) is 6.48 Å². The van der Waals surface area contributed by atoms with Crippen molar-refractivity contribution in [2.75, 3.05) is 31.1 Å². The molecule has 0 N–H and O–H groups in total. The molecule has 1 aliphatic rings. The second-order valence-corrected chi connectivity index (χ2v) is 6.28. The Kier molecular flexibility index (Phi) is 4.56. The maximum atomic E-state index is 13.0. The van der Waals surface area contributed by atoms with E-state index in [2.05, 4.69) is 50.0 Å². The molecule has 0 aromatic heterocycles. The van der Waals surface area contributed by atoms with Gasteiger partial charge >= 0.3 is 0 Å². The number of rotatable bonds is 3. The molecule has 0 unspecified atom stereocenters. The zero-order chi connectivity index (χ0) is 14.7. The molecule has 1 aliphatic heterocycles. The van der Waals surface area contributed by atoms with E-state index in [-0.39, 0.29) is 5.82 Å². The molecule has 0 radical (unpaired) electrons. The van der Waals surface area contributed by atoms with Crippen molar-refractivity contribution in [3.63, 3.8) is 0 Å². The minimum absolute atomic E-state index is 0.173. The Hall–Kier alpha value is -1.39. The summed E-state index contributed by atoms with van der Waals surface area (Å²) in [6, 6.07) is 15.3. The SMILES string of the molecule is Fc1ccc(N2CCN(Cc3ccc(Br)cc3)CC2)cc1. The number of hydrogen-bond donors (Lipinski definition) is 0. The number of hydrogen-bond acceptors (Lipinski definition) is 2. The van der Waals surface area contributed by atoms with Crippen molar-refractivity contribution < 1.29 is 4.39 Å². The molecule has 1 heterocycles. The predicted molar refractivity (Wildman–Crippen MR) is 88.0 cm³/mol. The maximum absolute atomic E-state index is 13.0. The number of nitrogens with zero attached hydrogens (tertiary/aromatic N) is 2. The number of benzene rings is 2. The molecule has 0 aliphatic carbocycles. The highest BCUT2D eigenvalue weighted by Gasteiger charge is 2.17. The standard InChI is InChI=1S/C17H18BrFN2/c18-15-3-1-14(2-4-15)13-20-9-11-21(12-10-20)17-7-5-16(19)6-8-17/h1-8H,9-13H2. The van der Waals surface area contributed by atoms with Crippen LogP contribution in [-0.4, -0.2) is 31.1 Å². The molecule has 110 valence electrons. The van der Waals surface area contributed by atoms with Gasteiger partial charge < -0.3 is 4.90 Å². The molecule has 2 nitrogen and oxygen atoms in total. The minimum Gasteiger partial charge on any atom is -0.369 e. The van der Waals surface area contributed by atoms with Crippen LogP contribution in [0.25, 0.3) is 0 Å². The number of anilines is 1. The van der Waals surface area contributed by atoms with E-state index in [9.17, 15) is 4.39 Å². The fraction of sp³-hybridized carbons (Fsp3) is 0.294. The Bertz CT molecular complexity index is 575. The van der Waals surface area contributed by atoms with E-state index >= 15 is 0 Å². The average Bonchev–Trinajstić information content (AvgIpc) is 2.51. The van der Waals surface area contributed by atoms with Crippen molar-refractivity contribution >= 4 is 21.6 Å². The van der Waals surface area contributed by atoms with Crippen LogP contribution in [0.1, 0.15) is 5.56 Å². The summed E-state index contributed by atoms with van der Waals surface area (Å²) in [5.41, 5.74) is 2.45. The second kappa shape index (κ2) is 6.58. The van der Waals surface area contributed by atoms with Crippen LogP contribution in [0.15, 0.2) is 53.0 Å². The molecule has 3 rings (SSSR count). The first-order valence-electron chi connectivity index (χ1n) is 7.18. The lowest BCUT2D eigenvalue weighted by atomic mass is 10.2. The molecule has 0 bridgehead atoms. The first-order valence-corrected chi connectivity index (χ1v) is 7.97. The van der Waals surface area contributed by atoms with Crippen molar-refractivity contribution in [2.45, 2.75) is 6.54 Å². The van der Waals surface area contributed by atoms with Gasteiger partial charge in [0.25, 0.3) is 0 Å². The van der Waals surface area contributed by atoms with Crippen molar-refractivity contribution in [1.82, 2.24) is 4.90 Å². The zero-order valence-corrected chi connectivity index (χ0v) is 13.4. The molecule has 2 aromatic rings. The van der Waals surface area contributed by atoms with Gasteiger partial charge in [-0.15, -0.1) is 0 Å². The third-order valence-corrected chi connectivity index (χ3v) is 4.41. The molecule has 1 saturated heterocycles. The van der Waals surface area contributed by atoms with Crippen molar-refractivity contribution in [1.29, 1.82) is 0 Å². The van der Waals surface area contributed by atoms with Gasteiger partial charge in [-0.2, -0.15) is 0 Å². The van der Waals surface area contributed by atoms with Crippen LogP contribution in [0, 0.1) is 5.82 Å². The van der Waals surface area contributed by atoms with Crippen LogP contribution in [0.4, 0.5) is 10.1 Å². The van der Waals surface area contributed by atoms with Crippen molar-refractivity contribution in [3.05, 3.63) is 64.4 Å². The molecule has 21 heavy (non-hydrogen) atoms. The molecule has 0 atom stereocenters. The monoisotopic (exact) mass is 348 g/mol. The smallest absolute Gasteiger partial charge is 0.123 e. The summed E-state index contributed by atoms with van der Waals surface area (Å²) in [5, 5.41) is 0. The molecule has 0 amide bonds. The third kappa shape index (κ3) is 3.83. The van der Waals surface area contributed by atoms with Gasteiger partial charge in [0.1, 0.15) is 5.82 Å². The summed E-state index contributed by atoms with van der Waals surface area (Å²) in [5.74, 6) is -0.173. The van der Waals surface area contributed by atoms with E-state index in [1.54, 1.807) is 0 Å². The van der Waals surface area contributed by atoms with Crippen LogP contribution in [-0.2, 0) is 6.54 Å². The fourth-order valence-electron chi connectivity index (χ4n) is 2.66. The van der Waals surface area contributed by atoms with Crippen LogP contribution >= 0.6 is 15.9 Å². The molecular formula is C17H18BrFN2. The lowest BCUT2D eigenvalue weighted by Gasteiger charge is -2.36. The van der Waals surface area contributed by atoms with Crippen LogP contribution in [0.3, 0.4) is 0 Å². The molecule has 0 saturated carbocycles. The maximum Gasteiger partial charge on any atom is 0.123 e. The van der Waals surface area contributed by atoms with Gasteiger partial charge in [-0.05, 0) is 42.0 Å². The second-order valence-electron chi connectivity index (χ2n) is 5.37. The van der Waals surface area contributed by atoms with Gasteiger partial charge in [0, 0.05) is 42.9 Å². The van der Waals surface area contributed by atoms with E-state index in [4.69, 9.17) is 0 Å². The Morgan fingerprint density at radius 3 is 2.10 bits per heavy atom. The van der Waals surface area contributed by atoms with Crippen molar-refractivity contribution in [3.8, 4) is 0 Å². The number of piperazine rings is 1. The lowest BCUT2D eigenvalue weighted by Crippen LogP contribution is -2.45. The zero-order valence-electron chi connectivity index (χ0n) is 11.8. The van der Waals surface area contributed by atoms with Crippen LogP contribution in [0.2, 0.25) is 0 Å². The first-order chi connectivity index (χ1) is 10.2. The van der Waals surface area contributed by atoms with Crippen LogP contribution in [0.5, 0.6) is 0 Å². The predicted octanol–water partition coefficient (Wildman–Crippen LogP) is 3.91. The minimum atomic E-state index is -0.173. The Morgan fingerprint density at radius 2 is 1.48 bits per heavy atom. The molecule has 1 fully saturated rings. The fourth-order valence-corrected chi connectivity index (χ4v) is 2.93. The molecule has 0 spiro atoms. The van der Waals surface area contributed by atoms with Gasteiger partial charge in [-0.1, -0.05) is 28.1 Å². The van der Waals surface area contributed by atoms with Gasteiger partial charge in [0.15, 0.2) is 0 Å². The summed E-state index contributed by atoms with van der Waals surface area (Å²) >= 11 is 3.46. The third-order valence-electron chi connectivity index (χ3n) is 3.88. The molecule has 4 heteroatoms. The summed E-state index contributed by atoms with van der Waals surface area (Å²) in [7, 11) is 0. The summed E-state index contributed by atoms with van der Waals surface area (Å²) in [6.45, 7) is 5.04. The lowest BCUT2D eigenvalue weighted by molar-refractivity contribution is 0.250. The highest BCUT2D eigenvalue weighted by Crippen LogP contribution is 2.18. The highest BCUT2D eigenvalue weighted by atomic mass is 79.9. The molecule has 2 aromatic carbocycles. The van der Waals surface area contributed by atoms with E-state index < -0.39 is 0 Å². The Balaban J connectivity index is 1.55. The average molecular weight is 349 g/mol. The van der Waals surface area contributed by atoms with E-state index in [0.717, 1.165) is 42.9 Å². The Morgan fingerprint density at radius 1 is 0.857 bits per heavy atom. The number of halogens is 2. The van der Waals surface area contributed by atoms with Crippen LogP contribution < -0.4 is 4.90 Å². The first kappa shape index (κ1) is 14.5. The van der Waals surface area contributed by atoms with E-state index in [1.807, 2.05) is 12.1 Å². The quantitative estimate of drug-likeness (QED) is 0.829. The molecular weight excluding hydrogens is 331 g/mol. The Labute approximate surface area is 133 Å². The van der Waals surface area contributed by atoms with E-state index in [1.165, 1.54) is 17.7 Å². The highest BCUT2D eigenvalue weighted by molar-refractivity contribution is 9.10. The van der Waals surface area contributed by atoms with Gasteiger partial charge in [-0.25, -0.2) is 4.39 Å². The van der Waals surface area contributed by atoms with Gasteiger partial charge in [-0.3, -0.25) is 4.90 Å². The van der Waals surface area contributed by atoms with E-state index in [0.29, 0.717) is 0 Å².